The molecule has 0 bridgehead atoms. The monoisotopic (exact) mass is 351 g/mol. The summed E-state index contributed by atoms with van der Waals surface area (Å²) in [5.74, 6) is -0.607. The predicted molar refractivity (Wildman–Crippen MR) is 101 cm³/mol. The summed E-state index contributed by atoms with van der Waals surface area (Å²) in [7, 11) is 0. The molecule has 0 spiro atoms. The Balaban J connectivity index is 1.66. The third-order valence-electron chi connectivity index (χ3n) is 5.04. The van der Waals surface area contributed by atoms with Gasteiger partial charge in [0.05, 0.1) is 12.5 Å². The van der Waals surface area contributed by atoms with E-state index in [0.29, 0.717) is 12.8 Å². The molecular formula is C22H25NO3. The van der Waals surface area contributed by atoms with Gasteiger partial charge in [0.15, 0.2) is 0 Å². The van der Waals surface area contributed by atoms with Crippen LogP contribution in [-0.2, 0) is 22.4 Å². The lowest BCUT2D eigenvalue weighted by Gasteiger charge is -2.25. The maximum absolute atomic E-state index is 12.8. The summed E-state index contributed by atoms with van der Waals surface area (Å²) in [6, 6.07) is 16.3. The number of hydrogen-bond donors (Lipinski definition) is 1. The maximum atomic E-state index is 12.8. The van der Waals surface area contributed by atoms with Crippen LogP contribution in [0.5, 0.6) is 0 Å². The number of carbonyl (C=O) groups excluding carboxylic acids is 1. The zero-order valence-corrected chi connectivity index (χ0v) is 15.1. The Bertz CT molecular complexity index is 765. The number of hydrogen-bond acceptors (Lipinski definition) is 2. The zero-order chi connectivity index (χ0) is 18.5. The molecule has 1 aliphatic rings. The van der Waals surface area contributed by atoms with Gasteiger partial charge in [0, 0.05) is 13.0 Å². The van der Waals surface area contributed by atoms with Gasteiger partial charge in [0.1, 0.15) is 0 Å². The highest BCUT2D eigenvalue weighted by Crippen LogP contribution is 2.32. The molecule has 0 aliphatic carbocycles. The van der Waals surface area contributed by atoms with Crippen molar-refractivity contribution >= 4 is 11.9 Å². The molecule has 1 unspecified atom stereocenters. The van der Waals surface area contributed by atoms with Gasteiger partial charge in [0.25, 0.3) is 0 Å². The summed E-state index contributed by atoms with van der Waals surface area (Å²) in [6.45, 7) is 2.85. The van der Waals surface area contributed by atoms with E-state index in [2.05, 4.69) is 0 Å². The largest absolute Gasteiger partial charge is 0.481 e. The van der Waals surface area contributed by atoms with Crippen LogP contribution in [0.4, 0.5) is 0 Å². The lowest BCUT2D eigenvalue weighted by atomic mass is 10.0. The van der Waals surface area contributed by atoms with Gasteiger partial charge in [-0.2, -0.15) is 0 Å². The second kappa shape index (κ2) is 8.17. The Kier molecular flexibility index (Phi) is 5.71. The summed E-state index contributed by atoms with van der Waals surface area (Å²) in [6.07, 6.45) is 3.12. The van der Waals surface area contributed by atoms with Gasteiger partial charge < -0.3 is 10.0 Å². The number of carbonyl (C=O) groups is 2. The van der Waals surface area contributed by atoms with Crippen molar-refractivity contribution in [1.29, 1.82) is 0 Å². The summed E-state index contributed by atoms with van der Waals surface area (Å²) < 4.78 is 0. The summed E-state index contributed by atoms with van der Waals surface area (Å²) in [5, 5.41) is 8.79. The van der Waals surface area contributed by atoms with Gasteiger partial charge in [-0.15, -0.1) is 0 Å². The van der Waals surface area contributed by atoms with Crippen LogP contribution in [0.15, 0.2) is 48.5 Å². The number of carboxylic acids is 1. The average Bonchev–Trinajstić information content (AvgIpc) is 3.12. The number of carboxylic acid groups (broad SMARTS) is 1. The molecule has 0 saturated carbocycles. The molecule has 1 saturated heterocycles. The third kappa shape index (κ3) is 4.51. The van der Waals surface area contributed by atoms with Gasteiger partial charge in [-0.1, -0.05) is 54.1 Å². The molecule has 2 aromatic rings. The molecule has 4 nitrogen and oxygen atoms in total. The topological polar surface area (TPSA) is 57.6 Å². The lowest BCUT2D eigenvalue weighted by molar-refractivity contribution is -0.137. The smallest absolute Gasteiger partial charge is 0.303 e. The van der Waals surface area contributed by atoms with Crippen LogP contribution in [0, 0.1) is 6.92 Å². The molecule has 3 rings (SSSR count). The molecule has 1 aliphatic heterocycles. The van der Waals surface area contributed by atoms with E-state index in [1.807, 2.05) is 60.4 Å². The second-order valence-electron chi connectivity index (χ2n) is 7.04. The molecule has 2 aromatic carbocycles. The minimum Gasteiger partial charge on any atom is -0.481 e. The Morgan fingerprint density at radius 3 is 2.35 bits per heavy atom. The van der Waals surface area contributed by atoms with E-state index in [1.54, 1.807) is 0 Å². The number of rotatable bonds is 6. The first-order valence-corrected chi connectivity index (χ1v) is 9.18. The molecule has 1 N–H and O–H groups in total. The van der Waals surface area contributed by atoms with Gasteiger partial charge >= 0.3 is 5.97 Å². The summed E-state index contributed by atoms with van der Waals surface area (Å²) in [4.78, 5) is 25.5. The van der Waals surface area contributed by atoms with Crippen LogP contribution in [0.25, 0.3) is 0 Å². The van der Waals surface area contributed by atoms with Gasteiger partial charge in [-0.25, -0.2) is 0 Å². The zero-order valence-electron chi connectivity index (χ0n) is 15.1. The molecule has 1 fully saturated rings. The number of nitrogens with zero attached hydrogens (tertiary/aromatic N) is 1. The van der Waals surface area contributed by atoms with Gasteiger partial charge in [0.2, 0.25) is 5.91 Å². The van der Waals surface area contributed by atoms with Crippen LogP contribution in [0.3, 0.4) is 0 Å². The van der Waals surface area contributed by atoms with Crippen molar-refractivity contribution in [2.45, 2.75) is 45.1 Å². The minimum absolute atomic E-state index is 0.126. The fourth-order valence-electron chi connectivity index (χ4n) is 3.55. The van der Waals surface area contributed by atoms with E-state index < -0.39 is 5.97 Å². The fourth-order valence-corrected chi connectivity index (χ4v) is 3.55. The van der Waals surface area contributed by atoms with E-state index >= 15 is 0 Å². The van der Waals surface area contributed by atoms with E-state index in [0.717, 1.165) is 36.1 Å². The van der Waals surface area contributed by atoms with Crippen molar-refractivity contribution in [3.8, 4) is 0 Å². The highest BCUT2D eigenvalue weighted by Gasteiger charge is 2.29. The van der Waals surface area contributed by atoms with E-state index in [9.17, 15) is 9.59 Å². The van der Waals surface area contributed by atoms with E-state index in [4.69, 9.17) is 5.11 Å². The molecule has 26 heavy (non-hydrogen) atoms. The van der Waals surface area contributed by atoms with E-state index in [-0.39, 0.29) is 18.4 Å². The highest BCUT2D eigenvalue weighted by atomic mass is 16.4. The third-order valence-corrected chi connectivity index (χ3v) is 5.04. The first-order valence-electron chi connectivity index (χ1n) is 9.18. The maximum Gasteiger partial charge on any atom is 0.303 e. The summed E-state index contributed by atoms with van der Waals surface area (Å²) >= 11 is 0. The van der Waals surface area contributed by atoms with Gasteiger partial charge in [-0.3, -0.25) is 9.59 Å². The second-order valence-corrected chi connectivity index (χ2v) is 7.04. The standard InChI is InChI=1S/C22H25NO3/c1-16-4-6-18(7-5-16)15-21(24)23-14-2-3-20(23)19-11-8-17(9-12-19)10-13-22(25)26/h4-9,11-12,20H,2-3,10,13-15H2,1H3,(H,25,26). The van der Waals surface area contributed by atoms with Crippen LogP contribution < -0.4 is 0 Å². The number of aryl methyl sites for hydroxylation is 2. The Morgan fingerprint density at radius 2 is 1.69 bits per heavy atom. The van der Waals surface area contributed by atoms with Crippen molar-refractivity contribution < 1.29 is 14.7 Å². The molecule has 0 aromatic heterocycles. The first kappa shape index (κ1) is 18.2. The average molecular weight is 351 g/mol. The predicted octanol–water partition coefficient (Wildman–Crippen LogP) is 3.92. The Morgan fingerprint density at radius 1 is 1.04 bits per heavy atom. The van der Waals surface area contributed by atoms with Crippen molar-refractivity contribution in [3.05, 3.63) is 70.8 Å². The fraction of sp³-hybridized carbons (Fsp3) is 0.364. The lowest BCUT2D eigenvalue weighted by Crippen LogP contribution is -2.31. The van der Waals surface area contributed by atoms with Crippen molar-refractivity contribution in [2.75, 3.05) is 6.54 Å². The molecule has 0 radical (unpaired) electrons. The quantitative estimate of drug-likeness (QED) is 0.858. The number of benzene rings is 2. The molecular weight excluding hydrogens is 326 g/mol. The minimum atomic E-state index is -0.780. The first-order chi connectivity index (χ1) is 12.5. The van der Waals surface area contributed by atoms with E-state index in [1.165, 1.54) is 5.56 Å². The molecule has 1 atom stereocenters. The SMILES string of the molecule is Cc1ccc(CC(=O)N2CCCC2c2ccc(CCC(=O)O)cc2)cc1. The number of amides is 1. The van der Waals surface area contributed by atoms with Crippen molar-refractivity contribution in [1.82, 2.24) is 4.90 Å². The van der Waals surface area contributed by atoms with Gasteiger partial charge in [-0.05, 0) is 42.9 Å². The normalized spacial score (nSPS) is 16.7. The Labute approximate surface area is 154 Å². The highest BCUT2D eigenvalue weighted by molar-refractivity contribution is 5.79. The molecule has 1 amide bonds. The van der Waals surface area contributed by atoms with Crippen LogP contribution in [0.2, 0.25) is 0 Å². The van der Waals surface area contributed by atoms with Crippen LogP contribution >= 0.6 is 0 Å². The van der Waals surface area contributed by atoms with Crippen molar-refractivity contribution in [3.63, 3.8) is 0 Å². The molecule has 136 valence electrons. The summed E-state index contributed by atoms with van der Waals surface area (Å²) in [5.41, 5.74) is 4.41. The Hall–Kier alpha value is -2.62. The molecule has 1 heterocycles. The number of aliphatic carboxylic acids is 1. The van der Waals surface area contributed by atoms with Crippen molar-refractivity contribution in [2.24, 2.45) is 0 Å². The van der Waals surface area contributed by atoms with Crippen LogP contribution in [0.1, 0.15) is 47.6 Å². The molecule has 4 heteroatoms. The number of likely N-dealkylation sites (tertiary alicyclic amines) is 1. The van der Waals surface area contributed by atoms with Crippen LogP contribution in [-0.4, -0.2) is 28.4 Å².